The van der Waals surface area contributed by atoms with Crippen LogP contribution in [0.25, 0.3) is 0 Å². The minimum atomic E-state index is -0.418. The van der Waals surface area contributed by atoms with Crippen molar-refractivity contribution in [3.63, 3.8) is 0 Å². The Morgan fingerprint density at radius 2 is 2.37 bits per heavy atom. The lowest BCUT2D eigenvalue weighted by molar-refractivity contribution is -0.383. The van der Waals surface area contributed by atoms with Crippen molar-refractivity contribution in [1.82, 2.24) is 9.97 Å². The average Bonchev–Trinajstić information content (AvgIpc) is 2.85. The van der Waals surface area contributed by atoms with Gasteiger partial charge in [-0.15, -0.1) is 11.3 Å². The van der Waals surface area contributed by atoms with Crippen LogP contribution in [0.5, 0.6) is 0 Å². The van der Waals surface area contributed by atoms with Crippen LogP contribution in [0.15, 0.2) is 17.6 Å². The molecule has 2 aromatic heterocycles. The number of thiophene rings is 1. The fourth-order valence-corrected chi connectivity index (χ4v) is 2.27. The molecule has 0 unspecified atom stereocenters. The molecule has 2 heterocycles. The standard InChI is InChI=1S/C11H13N5O2S/c1-2-9-13-5-7(10(12)15-9)6-14-11-8(16(17)18)3-4-19-11/h3-5,14H,2,6H2,1H3,(H2,12,13,15). The van der Waals surface area contributed by atoms with E-state index in [2.05, 4.69) is 15.3 Å². The number of hydrogen-bond acceptors (Lipinski definition) is 7. The van der Waals surface area contributed by atoms with Gasteiger partial charge in [0.1, 0.15) is 11.6 Å². The minimum Gasteiger partial charge on any atom is -0.383 e. The van der Waals surface area contributed by atoms with Crippen molar-refractivity contribution in [2.45, 2.75) is 19.9 Å². The molecule has 100 valence electrons. The van der Waals surface area contributed by atoms with Gasteiger partial charge in [-0.1, -0.05) is 6.92 Å². The molecule has 0 spiro atoms. The van der Waals surface area contributed by atoms with Gasteiger partial charge < -0.3 is 11.1 Å². The lowest BCUT2D eigenvalue weighted by Crippen LogP contribution is -2.07. The first-order valence-corrected chi connectivity index (χ1v) is 6.55. The molecule has 0 saturated carbocycles. The molecule has 0 aliphatic carbocycles. The van der Waals surface area contributed by atoms with Crippen LogP contribution < -0.4 is 11.1 Å². The molecule has 0 bridgehead atoms. The van der Waals surface area contributed by atoms with E-state index in [0.29, 0.717) is 29.6 Å². The van der Waals surface area contributed by atoms with Crippen molar-refractivity contribution in [1.29, 1.82) is 0 Å². The summed E-state index contributed by atoms with van der Waals surface area (Å²) < 4.78 is 0. The summed E-state index contributed by atoms with van der Waals surface area (Å²) in [4.78, 5) is 18.6. The summed E-state index contributed by atoms with van der Waals surface area (Å²) in [5, 5.41) is 15.9. The maximum Gasteiger partial charge on any atom is 0.303 e. The molecule has 0 amide bonds. The lowest BCUT2D eigenvalue weighted by atomic mass is 10.3. The van der Waals surface area contributed by atoms with Crippen molar-refractivity contribution >= 4 is 27.8 Å². The van der Waals surface area contributed by atoms with E-state index in [-0.39, 0.29) is 5.69 Å². The van der Waals surface area contributed by atoms with Crippen LogP contribution in [0.4, 0.5) is 16.5 Å². The summed E-state index contributed by atoms with van der Waals surface area (Å²) in [7, 11) is 0. The molecule has 2 rings (SSSR count). The third-order valence-electron chi connectivity index (χ3n) is 2.54. The van der Waals surface area contributed by atoms with Crippen LogP contribution in [0.3, 0.4) is 0 Å². The fraction of sp³-hybridized carbons (Fsp3) is 0.273. The molecule has 19 heavy (non-hydrogen) atoms. The topological polar surface area (TPSA) is 107 Å². The molecule has 0 saturated heterocycles. The molecule has 0 fully saturated rings. The van der Waals surface area contributed by atoms with E-state index in [4.69, 9.17) is 5.73 Å². The highest BCUT2D eigenvalue weighted by atomic mass is 32.1. The van der Waals surface area contributed by atoms with Gasteiger partial charge in [0.25, 0.3) is 0 Å². The third kappa shape index (κ3) is 2.97. The first-order valence-electron chi connectivity index (χ1n) is 5.67. The second-order valence-corrected chi connectivity index (χ2v) is 4.71. The normalized spacial score (nSPS) is 10.4. The second-order valence-electron chi connectivity index (χ2n) is 3.80. The summed E-state index contributed by atoms with van der Waals surface area (Å²) in [5.74, 6) is 1.09. The van der Waals surface area contributed by atoms with Crippen LogP contribution in [0, 0.1) is 10.1 Å². The Labute approximate surface area is 113 Å². The molecular weight excluding hydrogens is 266 g/mol. The van der Waals surface area contributed by atoms with Crippen molar-refractivity contribution in [2.75, 3.05) is 11.1 Å². The van der Waals surface area contributed by atoms with Gasteiger partial charge in [0.15, 0.2) is 5.00 Å². The molecule has 0 radical (unpaired) electrons. The highest BCUT2D eigenvalue weighted by Crippen LogP contribution is 2.30. The number of nitrogens with two attached hydrogens (primary N) is 1. The Morgan fingerprint density at radius 3 is 3.00 bits per heavy atom. The van der Waals surface area contributed by atoms with Crippen LogP contribution in [0.2, 0.25) is 0 Å². The summed E-state index contributed by atoms with van der Waals surface area (Å²) in [6, 6.07) is 1.47. The monoisotopic (exact) mass is 279 g/mol. The van der Waals surface area contributed by atoms with Gasteiger partial charge in [0.05, 0.1) is 4.92 Å². The Bertz CT molecular complexity index is 599. The number of aryl methyl sites for hydroxylation is 1. The summed E-state index contributed by atoms with van der Waals surface area (Å²) in [6.07, 6.45) is 2.36. The van der Waals surface area contributed by atoms with Gasteiger partial charge in [0.2, 0.25) is 0 Å². The SMILES string of the molecule is CCc1ncc(CNc2sccc2[N+](=O)[O-])c(N)n1. The number of nitrogen functional groups attached to an aromatic ring is 1. The predicted octanol–water partition coefficient (Wildman–Crippen LogP) is 2.20. The lowest BCUT2D eigenvalue weighted by Gasteiger charge is -2.07. The fourth-order valence-electron chi connectivity index (χ4n) is 1.52. The molecule has 7 nitrogen and oxygen atoms in total. The van der Waals surface area contributed by atoms with Gasteiger partial charge in [-0.05, 0) is 5.38 Å². The summed E-state index contributed by atoms with van der Waals surface area (Å²) in [6.45, 7) is 2.30. The van der Waals surface area contributed by atoms with Gasteiger partial charge in [0, 0.05) is 30.8 Å². The number of anilines is 2. The van der Waals surface area contributed by atoms with Gasteiger partial charge in [-0.25, -0.2) is 9.97 Å². The van der Waals surface area contributed by atoms with Crippen LogP contribution >= 0.6 is 11.3 Å². The van der Waals surface area contributed by atoms with E-state index < -0.39 is 4.92 Å². The Balaban J connectivity index is 2.10. The van der Waals surface area contributed by atoms with Gasteiger partial charge >= 0.3 is 5.69 Å². The zero-order chi connectivity index (χ0) is 13.8. The number of aromatic nitrogens is 2. The van der Waals surface area contributed by atoms with E-state index in [1.54, 1.807) is 11.6 Å². The number of nitrogens with one attached hydrogen (secondary N) is 1. The Morgan fingerprint density at radius 1 is 1.58 bits per heavy atom. The first kappa shape index (κ1) is 13.2. The quantitative estimate of drug-likeness (QED) is 0.641. The molecule has 2 aromatic rings. The number of nitrogens with zero attached hydrogens (tertiary/aromatic N) is 3. The number of hydrogen-bond donors (Lipinski definition) is 2. The van der Waals surface area contributed by atoms with Crippen molar-refractivity contribution in [2.24, 2.45) is 0 Å². The van der Waals surface area contributed by atoms with E-state index in [1.165, 1.54) is 17.4 Å². The molecule has 0 atom stereocenters. The van der Waals surface area contributed by atoms with E-state index in [9.17, 15) is 10.1 Å². The Hall–Kier alpha value is -2.22. The molecule has 8 heteroatoms. The third-order valence-corrected chi connectivity index (χ3v) is 3.41. The van der Waals surface area contributed by atoms with E-state index in [1.807, 2.05) is 6.92 Å². The van der Waals surface area contributed by atoms with E-state index in [0.717, 1.165) is 5.56 Å². The minimum absolute atomic E-state index is 0.0645. The second kappa shape index (κ2) is 5.61. The van der Waals surface area contributed by atoms with Crippen LogP contribution in [0.1, 0.15) is 18.3 Å². The maximum atomic E-state index is 10.8. The zero-order valence-electron chi connectivity index (χ0n) is 10.3. The van der Waals surface area contributed by atoms with Gasteiger partial charge in [-0.2, -0.15) is 0 Å². The largest absolute Gasteiger partial charge is 0.383 e. The maximum absolute atomic E-state index is 10.8. The molecule has 0 aliphatic heterocycles. The zero-order valence-corrected chi connectivity index (χ0v) is 11.1. The van der Waals surface area contributed by atoms with Crippen LogP contribution in [-0.2, 0) is 13.0 Å². The average molecular weight is 279 g/mol. The predicted molar refractivity (Wildman–Crippen MR) is 74.1 cm³/mol. The highest BCUT2D eigenvalue weighted by molar-refractivity contribution is 7.14. The van der Waals surface area contributed by atoms with E-state index >= 15 is 0 Å². The van der Waals surface area contributed by atoms with Crippen molar-refractivity contribution in [3.8, 4) is 0 Å². The molecule has 0 aliphatic rings. The van der Waals surface area contributed by atoms with Crippen LogP contribution in [-0.4, -0.2) is 14.9 Å². The van der Waals surface area contributed by atoms with Crippen molar-refractivity contribution < 1.29 is 4.92 Å². The van der Waals surface area contributed by atoms with Crippen molar-refractivity contribution in [3.05, 3.63) is 39.1 Å². The highest BCUT2D eigenvalue weighted by Gasteiger charge is 2.15. The Kier molecular flexibility index (Phi) is 3.91. The smallest absolute Gasteiger partial charge is 0.303 e. The first-order chi connectivity index (χ1) is 9.11. The molecular formula is C11H13N5O2S. The van der Waals surface area contributed by atoms with Gasteiger partial charge in [-0.3, -0.25) is 10.1 Å². The number of rotatable bonds is 5. The summed E-state index contributed by atoms with van der Waals surface area (Å²) in [5.41, 5.74) is 6.60. The molecule has 3 N–H and O–H groups in total. The number of nitro groups is 1. The molecule has 0 aromatic carbocycles. The summed E-state index contributed by atoms with van der Waals surface area (Å²) >= 11 is 1.28.